The first-order valence-electron chi connectivity index (χ1n) is 4.32. The van der Waals surface area contributed by atoms with E-state index in [9.17, 15) is 9.18 Å². The van der Waals surface area contributed by atoms with Crippen LogP contribution in [0, 0.1) is 12.7 Å². The maximum absolute atomic E-state index is 13.5. The molecule has 4 nitrogen and oxygen atoms in total. The molecule has 0 bridgehead atoms. The Labute approximate surface area is 85.4 Å². The predicted octanol–water partition coefficient (Wildman–Crippen LogP) is 1.53. The van der Waals surface area contributed by atoms with Gasteiger partial charge in [0.15, 0.2) is 17.9 Å². The first kappa shape index (κ1) is 9.51. The summed E-state index contributed by atoms with van der Waals surface area (Å²) in [4.78, 5) is 18.2. The number of aldehydes is 1. The van der Waals surface area contributed by atoms with E-state index in [0.29, 0.717) is 6.29 Å². The number of hydrogen-bond donors (Lipinski definition) is 0. The van der Waals surface area contributed by atoms with Crippen LogP contribution >= 0.6 is 0 Å². The summed E-state index contributed by atoms with van der Waals surface area (Å²) in [7, 11) is 0. The molecule has 2 heterocycles. The molecule has 0 unspecified atom stereocenters. The van der Waals surface area contributed by atoms with Gasteiger partial charge in [-0.1, -0.05) is 0 Å². The lowest BCUT2D eigenvalue weighted by Crippen LogP contribution is -1.99. The highest BCUT2D eigenvalue weighted by molar-refractivity contribution is 5.74. The van der Waals surface area contributed by atoms with E-state index < -0.39 is 5.82 Å². The molecule has 0 spiro atoms. The van der Waals surface area contributed by atoms with Gasteiger partial charge in [0.25, 0.3) is 0 Å². The molecular formula is C10H8FN3O. The Morgan fingerprint density at radius 2 is 2.27 bits per heavy atom. The van der Waals surface area contributed by atoms with E-state index in [-0.39, 0.29) is 11.4 Å². The summed E-state index contributed by atoms with van der Waals surface area (Å²) in [5, 5.41) is 0. The van der Waals surface area contributed by atoms with Crippen molar-refractivity contribution in [2.24, 2.45) is 0 Å². The van der Waals surface area contributed by atoms with Crippen LogP contribution in [-0.4, -0.2) is 20.8 Å². The first-order valence-corrected chi connectivity index (χ1v) is 4.32. The van der Waals surface area contributed by atoms with Crippen molar-refractivity contribution in [3.8, 4) is 5.82 Å². The van der Waals surface area contributed by atoms with E-state index >= 15 is 0 Å². The van der Waals surface area contributed by atoms with E-state index in [1.807, 2.05) is 0 Å². The molecule has 0 aliphatic heterocycles. The smallest absolute Gasteiger partial charge is 0.174 e. The molecule has 0 aliphatic rings. The van der Waals surface area contributed by atoms with E-state index in [4.69, 9.17) is 0 Å². The standard InChI is InChI=1S/C10H8FN3O/c1-7-4-14(6-13-7)10-9(11)2-8(5-15)3-12-10/h2-6H,1H3. The molecule has 2 aromatic heterocycles. The third-order valence-corrected chi connectivity index (χ3v) is 1.94. The monoisotopic (exact) mass is 205 g/mol. The van der Waals surface area contributed by atoms with Crippen molar-refractivity contribution in [2.45, 2.75) is 6.92 Å². The fourth-order valence-electron chi connectivity index (χ4n) is 1.24. The molecule has 76 valence electrons. The van der Waals surface area contributed by atoms with Crippen molar-refractivity contribution in [2.75, 3.05) is 0 Å². The van der Waals surface area contributed by atoms with Crippen LogP contribution in [-0.2, 0) is 0 Å². The third kappa shape index (κ3) is 1.76. The van der Waals surface area contributed by atoms with E-state index in [1.54, 1.807) is 13.1 Å². The van der Waals surface area contributed by atoms with E-state index in [0.717, 1.165) is 11.8 Å². The number of imidazole rings is 1. The fourth-order valence-corrected chi connectivity index (χ4v) is 1.24. The minimum absolute atomic E-state index is 0.140. The van der Waals surface area contributed by atoms with Gasteiger partial charge in [-0.25, -0.2) is 14.4 Å². The number of pyridine rings is 1. The zero-order chi connectivity index (χ0) is 10.8. The van der Waals surface area contributed by atoms with Gasteiger partial charge in [-0.05, 0) is 13.0 Å². The minimum atomic E-state index is -0.544. The Hall–Kier alpha value is -2.04. The zero-order valence-corrected chi connectivity index (χ0v) is 8.01. The molecule has 0 saturated heterocycles. The molecule has 0 saturated carbocycles. The Morgan fingerprint density at radius 1 is 1.47 bits per heavy atom. The third-order valence-electron chi connectivity index (χ3n) is 1.94. The van der Waals surface area contributed by atoms with Gasteiger partial charge >= 0.3 is 0 Å². The molecule has 0 atom stereocenters. The van der Waals surface area contributed by atoms with Gasteiger partial charge in [-0.15, -0.1) is 0 Å². The molecule has 0 aromatic carbocycles. The highest BCUT2D eigenvalue weighted by atomic mass is 19.1. The molecule has 5 heteroatoms. The molecule has 2 rings (SSSR count). The lowest BCUT2D eigenvalue weighted by molar-refractivity contribution is 0.112. The Morgan fingerprint density at radius 3 is 2.80 bits per heavy atom. The van der Waals surface area contributed by atoms with Gasteiger partial charge in [-0.3, -0.25) is 9.36 Å². The number of hydrogen-bond acceptors (Lipinski definition) is 3. The van der Waals surface area contributed by atoms with Crippen LogP contribution < -0.4 is 0 Å². The highest BCUT2D eigenvalue weighted by Gasteiger charge is 2.07. The molecule has 0 amide bonds. The van der Waals surface area contributed by atoms with Crippen LogP contribution in [0.2, 0.25) is 0 Å². The molecule has 0 radical (unpaired) electrons. The Kier molecular flexibility index (Phi) is 2.29. The number of aromatic nitrogens is 3. The van der Waals surface area contributed by atoms with Crippen LogP contribution in [0.25, 0.3) is 5.82 Å². The van der Waals surface area contributed by atoms with E-state index in [2.05, 4.69) is 9.97 Å². The zero-order valence-electron chi connectivity index (χ0n) is 8.01. The van der Waals surface area contributed by atoms with Crippen LogP contribution in [0.1, 0.15) is 16.1 Å². The van der Waals surface area contributed by atoms with Crippen molar-refractivity contribution in [1.29, 1.82) is 0 Å². The van der Waals surface area contributed by atoms with Crippen LogP contribution in [0.3, 0.4) is 0 Å². The number of rotatable bonds is 2. The fraction of sp³-hybridized carbons (Fsp3) is 0.100. The number of carbonyl (C=O) groups excluding carboxylic acids is 1. The maximum atomic E-state index is 13.5. The normalized spacial score (nSPS) is 10.3. The summed E-state index contributed by atoms with van der Waals surface area (Å²) >= 11 is 0. The molecule has 2 aromatic rings. The number of aryl methyl sites for hydroxylation is 1. The average molecular weight is 205 g/mol. The lowest BCUT2D eigenvalue weighted by atomic mass is 10.3. The first-order chi connectivity index (χ1) is 7.20. The second-order valence-electron chi connectivity index (χ2n) is 3.11. The molecule has 0 aliphatic carbocycles. The summed E-state index contributed by atoms with van der Waals surface area (Å²) in [6, 6.07) is 1.14. The van der Waals surface area contributed by atoms with Gasteiger partial charge < -0.3 is 0 Å². The summed E-state index contributed by atoms with van der Waals surface area (Å²) in [6.45, 7) is 1.80. The van der Waals surface area contributed by atoms with Crippen molar-refractivity contribution in [1.82, 2.24) is 14.5 Å². The van der Waals surface area contributed by atoms with Crippen molar-refractivity contribution < 1.29 is 9.18 Å². The van der Waals surface area contributed by atoms with Gasteiger partial charge in [0.05, 0.1) is 5.69 Å². The summed E-state index contributed by atoms with van der Waals surface area (Å²) in [6.07, 6.45) is 5.01. The van der Waals surface area contributed by atoms with Gasteiger partial charge in [-0.2, -0.15) is 0 Å². The average Bonchev–Trinajstić information content (AvgIpc) is 2.64. The minimum Gasteiger partial charge on any atom is -0.298 e. The second kappa shape index (κ2) is 3.61. The highest BCUT2D eigenvalue weighted by Crippen LogP contribution is 2.11. The predicted molar refractivity (Wildman–Crippen MR) is 51.4 cm³/mol. The SMILES string of the molecule is Cc1cn(-c2ncc(C=O)cc2F)cn1. The van der Waals surface area contributed by atoms with E-state index in [1.165, 1.54) is 17.1 Å². The van der Waals surface area contributed by atoms with Crippen LogP contribution in [0.4, 0.5) is 4.39 Å². The second-order valence-corrected chi connectivity index (χ2v) is 3.11. The largest absolute Gasteiger partial charge is 0.298 e. The summed E-state index contributed by atoms with van der Waals surface area (Å²) in [5.74, 6) is -0.404. The molecule has 15 heavy (non-hydrogen) atoms. The topological polar surface area (TPSA) is 47.8 Å². The summed E-state index contributed by atoms with van der Waals surface area (Å²) in [5.41, 5.74) is 0.990. The number of halogens is 1. The van der Waals surface area contributed by atoms with Crippen molar-refractivity contribution in [3.05, 3.63) is 41.9 Å². The molecule has 0 N–H and O–H groups in total. The van der Waals surface area contributed by atoms with Crippen LogP contribution in [0.5, 0.6) is 0 Å². The van der Waals surface area contributed by atoms with Gasteiger partial charge in [0, 0.05) is 18.0 Å². The number of nitrogens with zero attached hydrogens (tertiary/aromatic N) is 3. The van der Waals surface area contributed by atoms with Gasteiger partial charge in [0.1, 0.15) is 6.33 Å². The number of carbonyl (C=O) groups is 1. The Balaban J connectivity index is 2.49. The van der Waals surface area contributed by atoms with Gasteiger partial charge in [0.2, 0.25) is 0 Å². The van der Waals surface area contributed by atoms with Crippen LogP contribution in [0.15, 0.2) is 24.8 Å². The molecular weight excluding hydrogens is 197 g/mol. The Bertz CT molecular complexity index is 507. The quantitative estimate of drug-likeness (QED) is 0.698. The summed E-state index contributed by atoms with van der Waals surface area (Å²) < 4.78 is 14.9. The van der Waals surface area contributed by atoms with Crippen molar-refractivity contribution in [3.63, 3.8) is 0 Å². The molecule has 0 fully saturated rings. The maximum Gasteiger partial charge on any atom is 0.174 e. The lowest BCUT2D eigenvalue weighted by Gasteiger charge is -2.02. The van der Waals surface area contributed by atoms with Crippen molar-refractivity contribution >= 4 is 6.29 Å².